The maximum Gasteiger partial charge on any atom is 0.402 e. The summed E-state index contributed by atoms with van der Waals surface area (Å²) in [5, 5.41) is 1.41. The summed E-state index contributed by atoms with van der Waals surface area (Å²) in [5.41, 5.74) is 2.04. The lowest BCUT2D eigenvalue weighted by atomic mass is 10.2. The van der Waals surface area contributed by atoms with Crippen molar-refractivity contribution >= 4 is 18.9 Å². The minimum absolute atomic E-state index is 0.707. The highest BCUT2D eigenvalue weighted by Gasteiger charge is 2.37. The van der Waals surface area contributed by atoms with Crippen molar-refractivity contribution in [1.29, 1.82) is 0 Å². The summed E-state index contributed by atoms with van der Waals surface area (Å²) >= 11 is 0. The molecule has 2 aromatic rings. The fourth-order valence-electron chi connectivity index (χ4n) is 2.48. The molecule has 2 nitrogen and oxygen atoms in total. The molecule has 0 aliphatic heterocycles. The summed E-state index contributed by atoms with van der Waals surface area (Å²) in [7, 11) is -3.59. The van der Waals surface area contributed by atoms with Gasteiger partial charge in [-0.3, -0.25) is 0 Å². The van der Waals surface area contributed by atoms with E-state index in [4.69, 9.17) is 0 Å². The summed E-state index contributed by atoms with van der Waals surface area (Å²) in [6, 6.07) is 15.3. The molecular formula is C16H20O2Si. The van der Waals surface area contributed by atoms with E-state index in [0.717, 1.165) is 24.0 Å². The lowest BCUT2D eigenvalue weighted by molar-refractivity contribution is 0.400. The van der Waals surface area contributed by atoms with Crippen molar-refractivity contribution in [1.82, 2.24) is 0 Å². The van der Waals surface area contributed by atoms with Crippen LogP contribution in [0.1, 0.15) is 25.0 Å². The lowest BCUT2D eigenvalue weighted by Crippen LogP contribution is -2.61. The van der Waals surface area contributed by atoms with Gasteiger partial charge in [0.2, 0.25) is 0 Å². The predicted molar refractivity (Wildman–Crippen MR) is 81.1 cm³/mol. The van der Waals surface area contributed by atoms with Crippen LogP contribution in [0.4, 0.5) is 0 Å². The van der Waals surface area contributed by atoms with Gasteiger partial charge in [-0.2, -0.15) is 0 Å². The molecule has 0 atom stereocenters. The molecule has 0 heterocycles. The molecular weight excluding hydrogens is 252 g/mol. The Morgan fingerprint density at radius 1 is 0.737 bits per heavy atom. The molecule has 0 fully saturated rings. The van der Waals surface area contributed by atoms with Crippen LogP contribution < -0.4 is 10.4 Å². The van der Waals surface area contributed by atoms with Crippen molar-refractivity contribution in [2.45, 2.75) is 26.7 Å². The van der Waals surface area contributed by atoms with Gasteiger partial charge in [-0.1, -0.05) is 62.4 Å². The van der Waals surface area contributed by atoms with E-state index >= 15 is 0 Å². The van der Waals surface area contributed by atoms with Gasteiger partial charge in [-0.05, 0) is 24.0 Å². The van der Waals surface area contributed by atoms with Gasteiger partial charge in [0.15, 0.2) is 0 Å². The maximum atomic E-state index is 10.8. The quantitative estimate of drug-likeness (QED) is 0.825. The van der Waals surface area contributed by atoms with Crippen molar-refractivity contribution in [3.63, 3.8) is 0 Å². The molecule has 0 aromatic heterocycles. The summed E-state index contributed by atoms with van der Waals surface area (Å²) in [4.78, 5) is 21.6. The number of hydrogen-bond acceptors (Lipinski definition) is 2. The third-order valence-electron chi connectivity index (χ3n) is 3.55. The van der Waals surface area contributed by atoms with Gasteiger partial charge in [-0.25, -0.2) is 0 Å². The second kappa shape index (κ2) is 5.69. The zero-order chi connectivity index (χ0) is 13.9. The van der Waals surface area contributed by atoms with Crippen molar-refractivity contribution < 1.29 is 9.59 Å². The number of hydrogen-bond donors (Lipinski definition) is 2. The fourth-order valence-corrected chi connectivity index (χ4v) is 4.85. The van der Waals surface area contributed by atoms with Crippen LogP contribution in [0.2, 0.25) is 0 Å². The smallest absolute Gasteiger partial charge is 0.402 e. The van der Waals surface area contributed by atoms with E-state index in [1.807, 2.05) is 62.4 Å². The first-order valence-corrected chi connectivity index (χ1v) is 8.62. The van der Waals surface area contributed by atoms with Crippen LogP contribution in [0.25, 0.3) is 0 Å². The Morgan fingerprint density at radius 3 is 1.47 bits per heavy atom. The van der Waals surface area contributed by atoms with Gasteiger partial charge in [0.1, 0.15) is 0 Å². The molecule has 2 aromatic carbocycles. The normalized spacial score (nSPS) is 11.6. The molecule has 0 saturated heterocycles. The molecule has 0 radical (unpaired) electrons. The Kier molecular flexibility index (Phi) is 4.19. The third kappa shape index (κ3) is 2.63. The van der Waals surface area contributed by atoms with E-state index in [-0.39, 0.29) is 0 Å². The Hall–Kier alpha value is -1.42. The molecule has 0 aliphatic rings. The zero-order valence-corrected chi connectivity index (χ0v) is 12.4. The van der Waals surface area contributed by atoms with Crippen LogP contribution in [-0.2, 0) is 12.8 Å². The molecule has 19 heavy (non-hydrogen) atoms. The molecule has 0 spiro atoms. The monoisotopic (exact) mass is 272 g/mol. The minimum Gasteiger partial charge on any atom is -0.404 e. The van der Waals surface area contributed by atoms with Gasteiger partial charge in [0.05, 0.1) is 0 Å². The van der Waals surface area contributed by atoms with E-state index in [1.165, 1.54) is 0 Å². The molecule has 0 unspecified atom stereocenters. The summed E-state index contributed by atoms with van der Waals surface area (Å²) < 4.78 is 0. The van der Waals surface area contributed by atoms with Gasteiger partial charge >= 0.3 is 8.56 Å². The molecule has 0 saturated carbocycles. The molecule has 0 bridgehead atoms. The average Bonchev–Trinajstić information content (AvgIpc) is 2.47. The summed E-state index contributed by atoms with van der Waals surface area (Å²) in [6.45, 7) is 4.07. The zero-order valence-electron chi connectivity index (χ0n) is 11.4. The standard InChI is InChI=1S/C16H20O2Si/c1-3-13-9-5-7-11-15(13)19(17,18)16-12-8-6-10-14(16)4-2/h5-12,17-18H,3-4H2,1-2H3. The highest BCUT2D eigenvalue weighted by atomic mass is 28.4. The number of rotatable bonds is 4. The van der Waals surface area contributed by atoms with Crippen LogP contribution in [0, 0.1) is 0 Å². The maximum absolute atomic E-state index is 10.8. The number of aryl methyl sites for hydroxylation is 2. The van der Waals surface area contributed by atoms with Gasteiger partial charge in [0.25, 0.3) is 0 Å². The van der Waals surface area contributed by atoms with Gasteiger partial charge in [-0.15, -0.1) is 0 Å². The Morgan fingerprint density at radius 2 is 1.11 bits per heavy atom. The molecule has 2 N–H and O–H groups in total. The van der Waals surface area contributed by atoms with E-state index in [0.29, 0.717) is 10.4 Å². The average molecular weight is 272 g/mol. The van der Waals surface area contributed by atoms with E-state index < -0.39 is 8.56 Å². The molecule has 0 amide bonds. The predicted octanol–water partition coefficient (Wildman–Crippen LogP) is 1.35. The lowest BCUT2D eigenvalue weighted by Gasteiger charge is -2.23. The van der Waals surface area contributed by atoms with E-state index in [9.17, 15) is 9.59 Å². The first kappa shape index (κ1) is 14.0. The van der Waals surface area contributed by atoms with Crippen LogP contribution in [-0.4, -0.2) is 18.2 Å². The van der Waals surface area contributed by atoms with Crippen LogP contribution >= 0.6 is 0 Å². The fraction of sp³-hybridized carbons (Fsp3) is 0.250. The SMILES string of the molecule is CCc1ccccc1[Si](O)(O)c1ccccc1CC. The molecule has 3 heteroatoms. The second-order valence-electron chi connectivity index (χ2n) is 4.69. The Balaban J connectivity index is 2.58. The van der Waals surface area contributed by atoms with Crippen LogP contribution in [0.3, 0.4) is 0 Å². The second-order valence-corrected chi connectivity index (χ2v) is 7.12. The number of benzene rings is 2. The summed E-state index contributed by atoms with van der Waals surface area (Å²) in [6.07, 6.45) is 1.61. The Labute approximate surface area is 115 Å². The van der Waals surface area contributed by atoms with Crippen LogP contribution in [0.5, 0.6) is 0 Å². The first-order valence-electron chi connectivity index (χ1n) is 6.72. The van der Waals surface area contributed by atoms with Gasteiger partial charge < -0.3 is 9.59 Å². The van der Waals surface area contributed by atoms with Crippen molar-refractivity contribution in [2.75, 3.05) is 0 Å². The molecule has 2 rings (SSSR count). The Bertz CT molecular complexity index is 515. The van der Waals surface area contributed by atoms with E-state index in [1.54, 1.807) is 0 Å². The van der Waals surface area contributed by atoms with Crippen LogP contribution in [0.15, 0.2) is 48.5 Å². The highest BCUT2D eigenvalue weighted by Crippen LogP contribution is 2.08. The third-order valence-corrected chi connectivity index (χ3v) is 6.03. The van der Waals surface area contributed by atoms with Gasteiger partial charge in [0, 0.05) is 10.4 Å². The molecule has 0 aliphatic carbocycles. The molecule has 100 valence electrons. The summed E-state index contributed by atoms with van der Waals surface area (Å²) in [5.74, 6) is 0. The van der Waals surface area contributed by atoms with Crippen molar-refractivity contribution in [3.8, 4) is 0 Å². The topological polar surface area (TPSA) is 40.5 Å². The largest absolute Gasteiger partial charge is 0.404 e. The van der Waals surface area contributed by atoms with E-state index in [2.05, 4.69) is 0 Å². The van der Waals surface area contributed by atoms with Crippen molar-refractivity contribution in [3.05, 3.63) is 59.7 Å². The van der Waals surface area contributed by atoms with Crippen molar-refractivity contribution in [2.24, 2.45) is 0 Å². The minimum atomic E-state index is -3.59. The first-order chi connectivity index (χ1) is 9.11. The highest BCUT2D eigenvalue weighted by molar-refractivity contribution is 6.91.